The van der Waals surface area contributed by atoms with Crippen molar-refractivity contribution in [1.29, 1.82) is 5.26 Å². The summed E-state index contributed by atoms with van der Waals surface area (Å²) in [6.45, 7) is 2.00. The van der Waals surface area contributed by atoms with Gasteiger partial charge in [-0.3, -0.25) is 4.79 Å². The Morgan fingerprint density at radius 1 is 1.37 bits per heavy atom. The highest BCUT2D eigenvalue weighted by Crippen LogP contribution is 2.16. The molecule has 0 aliphatic carbocycles. The minimum atomic E-state index is -0.913. The topological polar surface area (TPSA) is 87.4 Å². The number of nitriles is 1. The van der Waals surface area contributed by atoms with Crippen LogP contribution in [-0.2, 0) is 22.4 Å². The second-order valence-electron chi connectivity index (χ2n) is 3.93. The van der Waals surface area contributed by atoms with Gasteiger partial charge in [0.2, 0.25) is 0 Å². The number of ether oxygens (including phenoxy) is 1. The Morgan fingerprint density at radius 3 is 2.68 bits per heavy atom. The molecule has 1 aromatic carbocycles. The minimum Gasteiger partial charge on any atom is -0.481 e. The van der Waals surface area contributed by atoms with Crippen LogP contribution in [0, 0.1) is 11.3 Å². The van der Waals surface area contributed by atoms with Crippen molar-refractivity contribution in [3.05, 3.63) is 34.9 Å². The summed E-state index contributed by atoms with van der Waals surface area (Å²) in [4.78, 5) is 22.2. The second kappa shape index (κ2) is 7.17. The molecule has 0 heterocycles. The number of carbonyl (C=O) groups excluding carboxylic acids is 1. The molecule has 0 saturated heterocycles. The third kappa shape index (κ3) is 4.43. The average Bonchev–Trinajstić information content (AvgIpc) is 2.38. The van der Waals surface area contributed by atoms with Crippen molar-refractivity contribution >= 4 is 11.9 Å². The molecule has 1 aromatic rings. The lowest BCUT2D eigenvalue weighted by Crippen LogP contribution is -2.07. The van der Waals surface area contributed by atoms with E-state index in [-0.39, 0.29) is 19.4 Å². The number of hydrogen-bond acceptors (Lipinski definition) is 4. The van der Waals surface area contributed by atoms with Gasteiger partial charge in [0, 0.05) is 6.42 Å². The predicted molar refractivity (Wildman–Crippen MR) is 67.7 cm³/mol. The van der Waals surface area contributed by atoms with E-state index >= 15 is 0 Å². The lowest BCUT2D eigenvalue weighted by molar-refractivity contribution is -0.136. The SMILES string of the molecule is CCOC(=O)c1ccc(CC#N)c(CCC(=O)O)c1. The molecular formula is C14H15NO4. The van der Waals surface area contributed by atoms with Gasteiger partial charge in [-0.2, -0.15) is 5.26 Å². The van der Waals surface area contributed by atoms with Crippen LogP contribution < -0.4 is 0 Å². The first-order valence-electron chi connectivity index (χ1n) is 5.96. The Morgan fingerprint density at radius 2 is 2.11 bits per heavy atom. The van der Waals surface area contributed by atoms with Crippen LogP contribution in [0.25, 0.3) is 0 Å². The number of carbonyl (C=O) groups is 2. The number of benzene rings is 1. The monoisotopic (exact) mass is 261 g/mol. The number of aryl methyl sites for hydroxylation is 1. The molecular weight excluding hydrogens is 246 g/mol. The third-order valence-corrected chi connectivity index (χ3v) is 2.60. The highest BCUT2D eigenvalue weighted by molar-refractivity contribution is 5.89. The molecule has 1 N–H and O–H groups in total. The Balaban J connectivity index is 3.00. The maximum Gasteiger partial charge on any atom is 0.338 e. The van der Waals surface area contributed by atoms with Crippen molar-refractivity contribution in [1.82, 2.24) is 0 Å². The number of carboxylic acids is 1. The van der Waals surface area contributed by atoms with E-state index in [1.807, 2.05) is 6.07 Å². The van der Waals surface area contributed by atoms with Crippen molar-refractivity contribution in [2.45, 2.75) is 26.2 Å². The van der Waals surface area contributed by atoms with Gasteiger partial charge in [0.05, 0.1) is 24.7 Å². The molecule has 100 valence electrons. The van der Waals surface area contributed by atoms with Gasteiger partial charge in [0.1, 0.15) is 0 Å². The van der Waals surface area contributed by atoms with Gasteiger partial charge < -0.3 is 9.84 Å². The van der Waals surface area contributed by atoms with Crippen LogP contribution in [0.3, 0.4) is 0 Å². The quantitative estimate of drug-likeness (QED) is 0.791. The van der Waals surface area contributed by atoms with Crippen molar-refractivity contribution < 1.29 is 19.4 Å². The fraction of sp³-hybridized carbons (Fsp3) is 0.357. The van der Waals surface area contributed by atoms with Gasteiger partial charge in [-0.05, 0) is 36.6 Å². The Kier molecular flexibility index (Phi) is 5.55. The van der Waals surface area contributed by atoms with Crippen LogP contribution in [0.15, 0.2) is 18.2 Å². The lowest BCUT2D eigenvalue weighted by Gasteiger charge is -2.08. The Hall–Kier alpha value is -2.35. The van der Waals surface area contributed by atoms with Crippen LogP contribution in [0.5, 0.6) is 0 Å². The summed E-state index contributed by atoms with van der Waals surface area (Å²) in [6.07, 6.45) is 0.447. The third-order valence-electron chi connectivity index (χ3n) is 2.60. The molecule has 0 aliphatic rings. The van der Waals surface area contributed by atoms with Crippen LogP contribution in [0.1, 0.15) is 34.8 Å². The van der Waals surface area contributed by atoms with Gasteiger partial charge in [0.25, 0.3) is 0 Å². The summed E-state index contributed by atoms with van der Waals surface area (Å²) in [6, 6.07) is 6.89. The van der Waals surface area contributed by atoms with E-state index in [1.54, 1.807) is 25.1 Å². The van der Waals surface area contributed by atoms with E-state index in [0.717, 1.165) is 5.56 Å². The normalized spacial score (nSPS) is 9.68. The van der Waals surface area contributed by atoms with Crippen LogP contribution in [0.4, 0.5) is 0 Å². The zero-order valence-corrected chi connectivity index (χ0v) is 10.7. The lowest BCUT2D eigenvalue weighted by atomic mass is 9.98. The summed E-state index contributed by atoms with van der Waals surface area (Å²) in [5, 5.41) is 17.4. The first-order valence-corrected chi connectivity index (χ1v) is 5.96. The van der Waals surface area contributed by atoms with Crippen molar-refractivity contribution in [2.24, 2.45) is 0 Å². The van der Waals surface area contributed by atoms with Gasteiger partial charge in [0.15, 0.2) is 0 Å². The van der Waals surface area contributed by atoms with E-state index in [9.17, 15) is 9.59 Å². The molecule has 0 amide bonds. The first-order chi connectivity index (χ1) is 9.08. The summed E-state index contributed by atoms with van der Waals surface area (Å²) >= 11 is 0. The van der Waals surface area contributed by atoms with Crippen molar-refractivity contribution in [3.63, 3.8) is 0 Å². The number of rotatable bonds is 6. The highest BCUT2D eigenvalue weighted by Gasteiger charge is 2.11. The second-order valence-corrected chi connectivity index (χ2v) is 3.93. The van der Waals surface area contributed by atoms with Crippen LogP contribution in [0.2, 0.25) is 0 Å². The molecule has 0 spiro atoms. The van der Waals surface area contributed by atoms with Crippen molar-refractivity contribution in [2.75, 3.05) is 6.61 Å². The van der Waals surface area contributed by atoms with Crippen LogP contribution >= 0.6 is 0 Å². The number of carboxylic acid groups (broad SMARTS) is 1. The summed E-state index contributed by atoms with van der Waals surface area (Å²) < 4.78 is 4.89. The van der Waals surface area contributed by atoms with E-state index in [4.69, 9.17) is 15.1 Å². The molecule has 1 rings (SSSR count). The molecule has 0 aliphatic heterocycles. The zero-order valence-electron chi connectivity index (χ0n) is 10.7. The first kappa shape index (κ1) is 14.7. The summed E-state index contributed by atoms with van der Waals surface area (Å²) in [5.74, 6) is -1.35. The molecule has 0 unspecified atom stereocenters. The van der Waals surface area contributed by atoms with Crippen LogP contribution in [-0.4, -0.2) is 23.7 Å². The fourth-order valence-corrected chi connectivity index (χ4v) is 1.70. The summed E-state index contributed by atoms with van der Waals surface area (Å²) in [5.41, 5.74) is 1.83. The predicted octanol–water partition coefficient (Wildman–Crippen LogP) is 1.95. The van der Waals surface area contributed by atoms with Gasteiger partial charge in [-0.1, -0.05) is 6.07 Å². The maximum atomic E-state index is 11.6. The van der Waals surface area contributed by atoms with Crippen molar-refractivity contribution in [3.8, 4) is 6.07 Å². The number of hydrogen-bond donors (Lipinski definition) is 1. The average molecular weight is 261 g/mol. The number of aliphatic carboxylic acids is 1. The van der Waals surface area contributed by atoms with E-state index in [2.05, 4.69) is 0 Å². The largest absolute Gasteiger partial charge is 0.481 e. The van der Waals surface area contributed by atoms with Gasteiger partial charge in [-0.15, -0.1) is 0 Å². The number of nitrogens with zero attached hydrogens (tertiary/aromatic N) is 1. The molecule has 0 bridgehead atoms. The van der Waals surface area contributed by atoms with E-state index in [0.29, 0.717) is 17.5 Å². The molecule has 5 heteroatoms. The Labute approximate surface area is 111 Å². The molecule has 19 heavy (non-hydrogen) atoms. The molecule has 0 aromatic heterocycles. The number of esters is 1. The smallest absolute Gasteiger partial charge is 0.338 e. The van der Waals surface area contributed by atoms with Gasteiger partial charge >= 0.3 is 11.9 Å². The zero-order chi connectivity index (χ0) is 14.3. The van der Waals surface area contributed by atoms with E-state index in [1.165, 1.54) is 0 Å². The fourth-order valence-electron chi connectivity index (χ4n) is 1.70. The standard InChI is InChI=1S/C14H15NO4/c1-2-19-14(18)12-4-3-10(7-8-15)11(9-12)5-6-13(16)17/h3-4,9H,2,5-7H2,1H3,(H,16,17). The van der Waals surface area contributed by atoms with E-state index < -0.39 is 11.9 Å². The highest BCUT2D eigenvalue weighted by atomic mass is 16.5. The Bertz CT molecular complexity index is 517. The van der Waals surface area contributed by atoms with Gasteiger partial charge in [-0.25, -0.2) is 4.79 Å². The molecule has 0 radical (unpaired) electrons. The minimum absolute atomic E-state index is 0.0370. The molecule has 5 nitrogen and oxygen atoms in total. The maximum absolute atomic E-state index is 11.6. The summed E-state index contributed by atoms with van der Waals surface area (Å²) in [7, 11) is 0. The molecule has 0 fully saturated rings. The molecule has 0 atom stereocenters. The molecule has 0 saturated carbocycles.